The van der Waals surface area contributed by atoms with Gasteiger partial charge in [0.2, 0.25) is 5.76 Å². The lowest BCUT2D eigenvalue weighted by Gasteiger charge is -2.02. The topological polar surface area (TPSA) is 86.1 Å². The highest BCUT2D eigenvalue weighted by Gasteiger charge is 2.37. The first kappa shape index (κ1) is 13.8. The van der Waals surface area contributed by atoms with Crippen molar-refractivity contribution in [3.8, 4) is 11.5 Å². The van der Waals surface area contributed by atoms with E-state index in [4.69, 9.17) is 8.94 Å². The third-order valence-corrected chi connectivity index (χ3v) is 4.08. The second kappa shape index (κ2) is 5.75. The van der Waals surface area contributed by atoms with Crippen LogP contribution in [-0.2, 0) is 6.54 Å². The molecule has 1 saturated carbocycles. The molecule has 0 aliphatic heterocycles. The number of nitrogens with zero attached hydrogens (tertiary/aromatic N) is 3. The molecular weight excluding hydrogens is 296 g/mol. The Bertz CT molecular complexity index is 776. The number of amides is 1. The highest BCUT2D eigenvalue weighted by atomic mass is 16.5. The Morgan fingerprint density at radius 2 is 2.30 bits per heavy atom. The molecule has 3 aromatic rings. The molecular formula is C16H16N4O3. The maximum absolute atomic E-state index is 12.1. The van der Waals surface area contributed by atoms with E-state index in [0.29, 0.717) is 29.9 Å². The van der Waals surface area contributed by atoms with Crippen LogP contribution in [0.2, 0.25) is 0 Å². The Labute approximate surface area is 132 Å². The molecule has 2 atom stereocenters. The van der Waals surface area contributed by atoms with Gasteiger partial charge in [-0.3, -0.25) is 9.48 Å². The maximum atomic E-state index is 12.1. The first-order chi connectivity index (χ1) is 11.3. The zero-order valence-electron chi connectivity index (χ0n) is 12.4. The van der Waals surface area contributed by atoms with Gasteiger partial charge < -0.3 is 14.3 Å². The number of hydrogen-bond donors (Lipinski definition) is 1. The van der Waals surface area contributed by atoms with Crippen LogP contribution >= 0.6 is 0 Å². The zero-order chi connectivity index (χ0) is 15.6. The summed E-state index contributed by atoms with van der Waals surface area (Å²) in [4.78, 5) is 12.1. The molecule has 1 aliphatic rings. The quantitative estimate of drug-likeness (QED) is 0.754. The number of carbonyl (C=O) groups is 1. The molecule has 1 amide bonds. The summed E-state index contributed by atoms with van der Waals surface area (Å²) < 4.78 is 12.3. The monoisotopic (exact) mass is 312 g/mol. The van der Waals surface area contributed by atoms with Gasteiger partial charge in [-0.2, -0.15) is 5.10 Å². The molecule has 7 heteroatoms. The third kappa shape index (κ3) is 3.03. The van der Waals surface area contributed by atoms with Crippen LogP contribution < -0.4 is 5.32 Å². The molecule has 118 valence electrons. The second-order valence-corrected chi connectivity index (χ2v) is 5.75. The Balaban J connectivity index is 1.28. The first-order valence-electron chi connectivity index (χ1n) is 7.56. The average Bonchev–Trinajstić information content (AvgIpc) is 3.08. The Kier molecular flexibility index (Phi) is 3.45. The fourth-order valence-corrected chi connectivity index (χ4v) is 2.66. The van der Waals surface area contributed by atoms with E-state index in [1.165, 1.54) is 0 Å². The summed E-state index contributed by atoms with van der Waals surface area (Å²) in [5.41, 5.74) is 0.265. The van der Waals surface area contributed by atoms with Crippen LogP contribution in [0.15, 0.2) is 51.9 Å². The number of rotatable bonds is 6. The molecule has 0 unspecified atom stereocenters. The van der Waals surface area contributed by atoms with Crippen molar-refractivity contribution in [3.63, 3.8) is 0 Å². The van der Waals surface area contributed by atoms with Crippen molar-refractivity contribution >= 4 is 5.91 Å². The molecule has 7 nitrogen and oxygen atoms in total. The minimum absolute atomic E-state index is 0.226. The smallest absolute Gasteiger partial charge is 0.273 e. The summed E-state index contributed by atoms with van der Waals surface area (Å²) in [7, 11) is 0. The average molecular weight is 312 g/mol. The van der Waals surface area contributed by atoms with Gasteiger partial charge in [0, 0.05) is 31.5 Å². The standard InChI is InChI=1S/C16H16N4O3/c21-16(13-8-15(23-19-13)14-3-1-6-22-14)17-9-11-7-12(11)10-20-5-2-4-18-20/h1-6,8,11-12H,7,9-10H2,(H,17,21)/t11-,12+/m1/s1. The van der Waals surface area contributed by atoms with Crippen LogP contribution in [0, 0.1) is 11.8 Å². The second-order valence-electron chi connectivity index (χ2n) is 5.75. The van der Waals surface area contributed by atoms with Crippen molar-refractivity contribution in [2.45, 2.75) is 13.0 Å². The van der Waals surface area contributed by atoms with Gasteiger partial charge in [0.1, 0.15) is 0 Å². The predicted molar refractivity (Wildman–Crippen MR) is 80.4 cm³/mol. The van der Waals surface area contributed by atoms with Crippen LogP contribution in [0.4, 0.5) is 0 Å². The molecule has 0 radical (unpaired) electrons. The van der Waals surface area contributed by atoms with E-state index < -0.39 is 0 Å². The number of carbonyl (C=O) groups excluding carboxylic acids is 1. The van der Waals surface area contributed by atoms with Crippen molar-refractivity contribution in [2.24, 2.45) is 11.8 Å². The van der Waals surface area contributed by atoms with Crippen LogP contribution in [0.3, 0.4) is 0 Å². The molecule has 0 bridgehead atoms. The molecule has 0 aromatic carbocycles. The lowest BCUT2D eigenvalue weighted by atomic mass is 10.3. The number of furan rings is 1. The summed E-state index contributed by atoms with van der Waals surface area (Å²) in [6.45, 7) is 1.55. The summed E-state index contributed by atoms with van der Waals surface area (Å²) in [6.07, 6.45) is 6.39. The summed E-state index contributed by atoms with van der Waals surface area (Å²) in [6, 6.07) is 7.01. The van der Waals surface area contributed by atoms with E-state index in [2.05, 4.69) is 15.6 Å². The van der Waals surface area contributed by atoms with Gasteiger partial charge >= 0.3 is 0 Å². The lowest BCUT2D eigenvalue weighted by Crippen LogP contribution is -2.26. The Morgan fingerprint density at radius 1 is 1.35 bits per heavy atom. The fourth-order valence-electron chi connectivity index (χ4n) is 2.66. The van der Waals surface area contributed by atoms with Crippen LogP contribution in [-0.4, -0.2) is 27.4 Å². The van der Waals surface area contributed by atoms with Gasteiger partial charge in [-0.05, 0) is 36.5 Å². The number of hydrogen-bond acceptors (Lipinski definition) is 5. The van der Waals surface area contributed by atoms with Crippen molar-refractivity contribution in [1.82, 2.24) is 20.3 Å². The normalized spacial score (nSPS) is 19.7. The van der Waals surface area contributed by atoms with E-state index in [1.807, 2.05) is 16.9 Å². The number of nitrogens with one attached hydrogen (secondary N) is 1. The minimum Gasteiger partial charge on any atom is -0.461 e. The van der Waals surface area contributed by atoms with E-state index in [1.54, 1.807) is 30.7 Å². The first-order valence-corrected chi connectivity index (χ1v) is 7.56. The Hall–Kier alpha value is -2.83. The highest BCUT2D eigenvalue weighted by molar-refractivity contribution is 5.92. The van der Waals surface area contributed by atoms with Gasteiger partial charge in [0.25, 0.3) is 5.91 Å². The van der Waals surface area contributed by atoms with Crippen molar-refractivity contribution in [3.05, 3.63) is 48.6 Å². The molecule has 1 fully saturated rings. The van der Waals surface area contributed by atoms with E-state index in [9.17, 15) is 4.79 Å². The summed E-state index contributed by atoms with van der Waals surface area (Å²) in [5.74, 6) is 1.85. The van der Waals surface area contributed by atoms with Crippen LogP contribution in [0.5, 0.6) is 0 Å². The van der Waals surface area contributed by atoms with Crippen molar-refractivity contribution in [2.75, 3.05) is 6.54 Å². The highest BCUT2D eigenvalue weighted by Crippen LogP contribution is 2.39. The molecule has 1 aliphatic carbocycles. The predicted octanol–water partition coefficient (Wildman–Crippen LogP) is 2.20. The van der Waals surface area contributed by atoms with Gasteiger partial charge in [0.05, 0.1) is 6.26 Å². The van der Waals surface area contributed by atoms with Crippen molar-refractivity contribution < 1.29 is 13.7 Å². The van der Waals surface area contributed by atoms with Crippen molar-refractivity contribution in [1.29, 1.82) is 0 Å². The summed E-state index contributed by atoms with van der Waals surface area (Å²) >= 11 is 0. The maximum Gasteiger partial charge on any atom is 0.273 e. The molecule has 3 heterocycles. The molecule has 23 heavy (non-hydrogen) atoms. The largest absolute Gasteiger partial charge is 0.461 e. The Morgan fingerprint density at radius 3 is 3.09 bits per heavy atom. The zero-order valence-corrected chi connectivity index (χ0v) is 12.4. The van der Waals surface area contributed by atoms with E-state index in [0.717, 1.165) is 13.0 Å². The van der Waals surface area contributed by atoms with Gasteiger partial charge in [-0.25, -0.2) is 0 Å². The van der Waals surface area contributed by atoms with Crippen LogP contribution in [0.25, 0.3) is 11.5 Å². The van der Waals surface area contributed by atoms with Gasteiger partial charge in [-0.1, -0.05) is 5.16 Å². The summed E-state index contributed by atoms with van der Waals surface area (Å²) in [5, 5.41) is 10.9. The molecule has 0 spiro atoms. The minimum atomic E-state index is -0.226. The number of aromatic nitrogens is 3. The van der Waals surface area contributed by atoms with Gasteiger partial charge in [-0.15, -0.1) is 0 Å². The van der Waals surface area contributed by atoms with E-state index in [-0.39, 0.29) is 11.6 Å². The fraction of sp³-hybridized carbons (Fsp3) is 0.312. The molecule has 4 rings (SSSR count). The SMILES string of the molecule is O=C(NC[C@H]1C[C@H]1Cn1cccn1)c1cc(-c2ccco2)on1. The molecule has 1 N–H and O–H groups in total. The molecule has 0 saturated heterocycles. The lowest BCUT2D eigenvalue weighted by molar-refractivity contribution is 0.0942. The van der Waals surface area contributed by atoms with Crippen LogP contribution in [0.1, 0.15) is 16.9 Å². The molecule has 3 aromatic heterocycles. The van der Waals surface area contributed by atoms with E-state index >= 15 is 0 Å². The third-order valence-electron chi connectivity index (χ3n) is 4.08. The van der Waals surface area contributed by atoms with Gasteiger partial charge in [0.15, 0.2) is 11.5 Å².